The SMILES string of the molecule is CCCCC(CN)NC(=O)c1ccc(F)cc1[N+](=O)[O-]. The van der Waals surface area contributed by atoms with E-state index in [0.717, 1.165) is 31.0 Å². The number of unbranched alkanes of at least 4 members (excludes halogenated alkanes) is 1. The first-order valence-corrected chi connectivity index (χ1v) is 6.44. The van der Waals surface area contributed by atoms with E-state index in [0.29, 0.717) is 6.42 Å². The molecule has 0 spiro atoms. The number of nitrogens with two attached hydrogens (primary N) is 1. The molecule has 1 aromatic rings. The van der Waals surface area contributed by atoms with Crippen molar-refractivity contribution in [3.8, 4) is 0 Å². The number of carbonyl (C=O) groups is 1. The van der Waals surface area contributed by atoms with Gasteiger partial charge in [-0.05, 0) is 18.6 Å². The highest BCUT2D eigenvalue weighted by Gasteiger charge is 2.22. The predicted octanol–water partition coefficient (Wildman–Crippen LogP) is 1.98. The lowest BCUT2D eigenvalue weighted by Gasteiger charge is -2.16. The van der Waals surface area contributed by atoms with E-state index in [-0.39, 0.29) is 18.2 Å². The summed E-state index contributed by atoms with van der Waals surface area (Å²) in [6.45, 7) is 2.26. The molecule has 3 N–H and O–H groups in total. The number of nitro benzene ring substituents is 1. The molecular formula is C13H18FN3O3. The highest BCUT2D eigenvalue weighted by atomic mass is 19.1. The summed E-state index contributed by atoms with van der Waals surface area (Å²) in [5.41, 5.74) is 4.85. The van der Waals surface area contributed by atoms with Gasteiger partial charge in [-0.3, -0.25) is 14.9 Å². The standard InChI is InChI=1S/C13H18FN3O3/c1-2-3-4-10(8-15)16-13(18)11-6-5-9(14)7-12(11)17(19)20/h5-7,10H,2-4,8,15H2,1H3,(H,16,18). The molecule has 1 atom stereocenters. The predicted molar refractivity (Wildman–Crippen MR) is 72.9 cm³/mol. The number of nitrogens with zero attached hydrogens (tertiary/aromatic N) is 1. The van der Waals surface area contributed by atoms with Gasteiger partial charge in [0.2, 0.25) is 0 Å². The summed E-state index contributed by atoms with van der Waals surface area (Å²) in [6, 6.07) is 2.62. The molecule has 0 saturated heterocycles. The largest absolute Gasteiger partial charge is 0.348 e. The molecule has 7 heteroatoms. The van der Waals surface area contributed by atoms with Gasteiger partial charge in [0.15, 0.2) is 0 Å². The smallest absolute Gasteiger partial charge is 0.285 e. The van der Waals surface area contributed by atoms with Crippen LogP contribution in [0.15, 0.2) is 18.2 Å². The molecule has 0 radical (unpaired) electrons. The van der Waals surface area contributed by atoms with Crippen LogP contribution in [0.5, 0.6) is 0 Å². The lowest BCUT2D eigenvalue weighted by molar-refractivity contribution is -0.385. The van der Waals surface area contributed by atoms with Crippen LogP contribution in [-0.2, 0) is 0 Å². The number of carbonyl (C=O) groups excluding carboxylic acids is 1. The molecule has 1 unspecified atom stereocenters. The normalized spacial score (nSPS) is 11.9. The van der Waals surface area contributed by atoms with E-state index in [2.05, 4.69) is 5.32 Å². The van der Waals surface area contributed by atoms with Crippen molar-refractivity contribution in [2.24, 2.45) is 5.73 Å². The van der Waals surface area contributed by atoms with Crippen molar-refractivity contribution in [1.29, 1.82) is 0 Å². The fourth-order valence-electron chi connectivity index (χ4n) is 1.81. The van der Waals surface area contributed by atoms with E-state index in [1.165, 1.54) is 0 Å². The molecule has 0 saturated carbocycles. The zero-order valence-corrected chi connectivity index (χ0v) is 11.3. The number of benzene rings is 1. The molecule has 0 aromatic heterocycles. The highest BCUT2D eigenvalue weighted by molar-refractivity contribution is 5.98. The summed E-state index contributed by atoms with van der Waals surface area (Å²) in [5, 5.41) is 13.5. The van der Waals surface area contributed by atoms with E-state index in [9.17, 15) is 19.3 Å². The van der Waals surface area contributed by atoms with Crippen LogP contribution in [0, 0.1) is 15.9 Å². The minimum Gasteiger partial charge on any atom is -0.348 e. The van der Waals surface area contributed by atoms with Gasteiger partial charge in [0.1, 0.15) is 11.4 Å². The number of rotatable bonds is 7. The molecule has 0 aliphatic rings. The summed E-state index contributed by atoms with van der Waals surface area (Å²) < 4.78 is 13.0. The van der Waals surface area contributed by atoms with Crippen LogP contribution in [0.3, 0.4) is 0 Å². The number of nitrogens with one attached hydrogen (secondary N) is 1. The molecule has 0 aliphatic heterocycles. The van der Waals surface area contributed by atoms with Gasteiger partial charge >= 0.3 is 0 Å². The van der Waals surface area contributed by atoms with E-state index >= 15 is 0 Å². The maximum Gasteiger partial charge on any atom is 0.285 e. The molecule has 110 valence electrons. The Morgan fingerprint density at radius 3 is 2.80 bits per heavy atom. The molecule has 0 fully saturated rings. The lowest BCUT2D eigenvalue weighted by atomic mass is 10.1. The van der Waals surface area contributed by atoms with Crippen LogP contribution in [0.4, 0.5) is 10.1 Å². The number of amides is 1. The van der Waals surface area contributed by atoms with E-state index < -0.39 is 22.3 Å². The van der Waals surface area contributed by atoms with E-state index in [1.54, 1.807) is 0 Å². The van der Waals surface area contributed by atoms with Crippen molar-refractivity contribution >= 4 is 11.6 Å². The summed E-state index contributed by atoms with van der Waals surface area (Å²) in [7, 11) is 0. The Balaban J connectivity index is 2.88. The molecule has 1 aromatic carbocycles. The van der Waals surface area contributed by atoms with Crippen LogP contribution in [0.1, 0.15) is 36.5 Å². The molecule has 20 heavy (non-hydrogen) atoms. The van der Waals surface area contributed by atoms with Crippen LogP contribution >= 0.6 is 0 Å². The minimum absolute atomic E-state index is 0.161. The second kappa shape index (κ2) is 7.54. The second-order valence-corrected chi connectivity index (χ2v) is 4.47. The lowest BCUT2D eigenvalue weighted by Crippen LogP contribution is -2.40. The van der Waals surface area contributed by atoms with Gasteiger partial charge in [-0.15, -0.1) is 0 Å². The van der Waals surface area contributed by atoms with Gasteiger partial charge in [-0.2, -0.15) is 0 Å². The van der Waals surface area contributed by atoms with Gasteiger partial charge in [0.05, 0.1) is 11.0 Å². The quantitative estimate of drug-likeness (QED) is 0.590. The first kappa shape index (κ1) is 16.0. The Labute approximate surface area is 116 Å². The topological polar surface area (TPSA) is 98.3 Å². The average molecular weight is 283 g/mol. The third-order valence-electron chi connectivity index (χ3n) is 2.93. The van der Waals surface area contributed by atoms with Crippen molar-refractivity contribution in [2.75, 3.05) is 6.54 Å². The Hall–Kier alpha value is -2.02. The second-order valence-electron chi connectivity index (χ2n) is 4.47. The third-order valence-corrected chi connectivity index (χ3v) is 2.93. The third kappa shape index (κ3) is 4.27. The van der Waals surface area contributed by atoms with Crippen LogP contribution in [0.25, 0.3) is 0 Å². The minimum atomic E-state index is -0.776. The van der Waals surface area contributed by atoms with Gasteiger partial charge in [-0.1, -0.05) is 19.8 Å². The van der Waals surface area contributed by atoms with Crippen molar-refractivity contribution in [2.45, 2.75) is 32.2 Å². The number of nitro groups is 1. The molecule has 0 bridgehead atoms. The van der Waals surface area contributed by atoms with E-state index in [4.69, 9.17) is 5.73 Å². The first-order valence-electron chi connectivity index (χ1n) is 6.44. The molecule has 0 aliphatic carbocycles. The van der Waals surface area contributed by atoms with Crippen molar-refractivity contribution in [3.05, 3.63) is 39.7 Å². The first-order chi connectivity index (χ1) is 9.49. The van der Waals surface area contributed by atoms with Crippen molar-refractivity contribution in [3.63, 3.8) is 0 Å². The van der Waals surface area contributed by atoms with Crippen LogP contribution in [-0.4, -0.2) is 23.4 Å². The molecular weight excluding hydrogens is 265 g/mol. The van der Waals surface area contributed by atoms with E-state index in [1.807, 2.05) is 6.92 Å². The Bertz CT molecular complexity index is 494. The summed E-state index contributed by atoms with van der Waals surface area (Å²) in [4.78, 5) is 22.1. The zero-order valence-electron chi connectivity index (χ0n) is 11.3. The Kier molecular flexibility index (Phi) is 6.05. The van der Waals surface area contributed by atoms with Crippen molar-refractivity contribution in [1.82, 2.24) is 5.32 Å². The summed E-state index contributed by atoms with van der Waals surface area (Å²) in [6.07, 6.45) is 2.56. The Morgan fingerprint density at radius 1 is 1.55 bits per heavy atom. The Morgan fingerprint density at radius 2 is 2.25 bits per heavy atom. The molecule has 1 amide bonds. The maximum absolute atomic E-state index is 13.0. The summed E-state index contributed by atoms with van der Waals surface area (Å²) >= 11 is 0. The maximum atomic E-state index is 13.0. The zero-order chi connectivity index (χ0) is 15.1. The molecule has 1 rings (SSSR count). The van der Waals surface area contributed by atoms with Gasteiger partial charge < -0.3 is 11.1 Å². The monoisotopic (exact) mass is 283 g/mol. The van der Waals surface area contributed by atoms with Gasteiger partial charge in [-0.25, -0.2) is 4.39 Å². The van der Waals surface area contributed by atoms with Gasteiger partial charge in [0, 0.05) is 12.6 Å². The highest BCUT2D eigenvalue weighted by Crippen LogP contribution is 2.19. The van der Waals surface area contributed by atoms with Gasteiger partial charge in [0.25, 0.3) is 11.6 Å². The summed E-state index contributed by atoms with van der Waals surface area (Å²) in [5.74, 6) is -1.36. The number of hydrogen-bond donors (Lipinski definition) is 2. The molecule has 0 heterocycles. The number of hydrogen-bond acceptors (Lipinski definition) is 4. The molecule has 6 nitrogen and oxygen atoms in total. The van der Waals surface area contributed by atoms with Crippen LogP contribution < -0.4 is 11.1 Å². The average Bonchev–Trinajstić information content (AvgIpc) is 2.42. The van der Waals surface area contributed by atoms with Crippen LogP contribution in [0.2, 0.25) is 0 Å². The fraction of sp³-hybridized carbons (Fsp3) is 0.462. The van der Waals surface area contributed by atoms with Crippen molar-refractivity contribution < 1.29 is 14.1 Å². The fourth-order valence-corrected chi connectivity index (χ4v) is 1.81. The number of halogens is 1.